The third-order valence-corrected chi connectivity index (χ3v) is 4.36. The van der Waals surface area contributed by atoms with Gasteiger partial charge in [-0.3, -0.25) is 0 Å². The molecule has 0 bridgehead atoms. The van der Waals surface area contributed by atoms with Crippen molar-refractivity contribution in [1.29, 1.82) is 0 Å². The predicted octanol–water partition coefficient (Wildman–Crippen LogP) is 3.50. The monoisotopic (exact) mass is 296 g/mol. The van der Waals surface area contributed by atoms with Crippen LogP contribution in [-0.4, -0.2) is 28.2 Å². The largest absolute Gasteiger partial charge is 0.497 e. The Labute approximate surface area is 122 Å². The summed E-state index contributed by atoms with van der Waals surface area (Å²) in [6, 6.07) is 8.14. The van der Waals surface area contributed by atoms with E-state index in [0.29, 0.717) is 0 Å². The lowest BCUT2D eigenvalue weighted by atomic mass is 10.2. The number of alkyl halides is 1. The molecule has 0 spiro atoms. The lowest BCUT2D eigenvalue weighted by Gasteiger charge is -2.08. The quantitative estimate of drug-likeness (QED) is 0.795. The highest BCUT2D eigenvalue weighted by molar-refractivity contribution is 7.98. The van der Waals surface area contributed by atoms with Crippen LogP contribution in [0, 0.1) is 0 Å². The summed E-state index contributed by atoms with van der Waals surface area (Å²) in [6.07, 6.45) is 4.36. The summed E-state index contributed by atoms with van der Waals surface area (Å²) in [5, 5.41) is 0.106. The molecule has 0 radical (unpaired) electrons. The highest BCUT2D eigenvalue weighted by Crippen LogP contribution is 2.19. The van der Waals surface area contributed by atoms with Crippen molar-refractivity contribution < 1.29 is 4.74 Å². The van der Waals surface area contributed by atoms with Gasteiger partial charge >= 0.3 is 0 Å². The molecule has 1 aromatic carbocycles. The third-order valence-electron chi connectivity index (χ3n) is 2.70. The fraction of sp³-hybridized carbons (Fsp3) is 0.357. The molecule has 1 atom stereocenters. The first-order chi connectivity index (χ1) is 9.28. The molecule has 0 saturated heterocycles. The van der Waals surface area contributed by atoms with Gasteiger partial charge in [-0.2, -0.15) is 11.8 Å². The van der Waals surface area contributed by atoms with Crippen LogP contribution in [0.15, 0.2) is 36.7 Å². The molecule has 19 heavy (non-hydrogen) atoms. The number of methoxy groups -OCH3 is 1. The zero-order valence-electron chi connectivity index (χ0n) is 10.8. The van der Waals surface area contributed by atoms with E-state index in [0.717, 1.165) is 29.5 Å². The van der Waals surface area contributed by atoms with Gasteiger partial charge in [0.1, 0.15) is 11.6 Å². The lowest BCUT2D eigenvalue weighted by Crippen LogP contribution is -2.08. The van der Waals surface area contributed by atoms with E-state index in [1.54, 1.807) is 13.3 Å². The van der Waals surface area contributed by atoms with Crippen molar-refractivity contribution in [2.24, 2.45) is 0 Å². The number of imidazole rings is 1. The Morgan fingerprint density at radius 1 is 1.37 bits per heavy atom. The molecular weight excluding hydrogens is 280 g/mol. The molecule has 1 unspecified atom stereocenters. The molecule has 0 fully saturated rings. The topological polar surface area (TPSA) is 37.9 Å². The van der Waals surface area contributed by atoms with Crippen LogP contribution in [-0.2, 0) is 12.2 Å². The molecule has 1 N–H and O–H groups in total. The maximum Gasteiger partial charge on any atom is 0.118 e. The summed E-state index contributed by atoms with van der Waals surface area (Å²) in [5.41, 5.74) is 1.28. The van der Waals surface area contributed by atoms with Crippen molar-refractivity contribution in [3.63, 3.8) is 0 Å². The van der Waals surface area contributed by atoms with Crippen LogP contribution in [0.4, 0.5) is 0 Å². The van der Waals surface area contributed by atoms with Crippen molar-refractivity contribution >= 4 is 23.4 Å². The number of benzene rings is 1. The van der Waals surface area contributed by atoms with Crippen LogP contribution in [0.3, 0.4) is 0 Å². The third kappa shape index (κ3) is 4.80. The summed E-state index contributed by atoms with van der Waals surface area (Å²) in [4.78, 5) is 7.25. The summed E-state index contributed by atoms with van der Waals surface area (Å²) >= 11 is 8.12. The SMILES string of the molecule is COc1ccc(CSCC(Cl)Cc2ncc[nH]2)cc1. The van der Waals surface area contributed by atoms with Gasteiger partial charge in [-0.15, -0.1) is 11.6 Å². The van der Waals surface area contributed by atoms with E-state index < -0.39 is 0 Å². The van der Waals surface area contributed by atoms with E-state index in [1.165, 1.54) is 5.56 Å². The minimum atomic E-state index is 0.106. The summed E-state index contributed by atoms with van der Waals surface area (Å²) in [6.45, 7) is 0. The second-order valence-corrected chi connectivity index (χ2v) is 5.85. The number of halogens is 1. The molecule has 0 aliphatic carbocycles. The first-order valence-corrected chi connectivity index (χ1v) is 7.70. The van der Waals surface area contributed by atoms with Crippen molar-refractivity contribution in [2.75, 3.05) is 12.9 Å². The molecular formula is C14H17ClN2OS. The number of rotatable bonds is 7. The zero-order chi connectivity index (χ0) is 13.5. The Kier molecular flexibility index (Phi) is 5.61. The number of nitrogens with one attached hydrogen (secondary N) is 1. The number of nitrogens with zero attached hydrogens (tertiary/aromatic N) is 1. The number of H-pyrrole nitrogens is 1. The molecule has 2 aromatic rings. The van der Waals surface area contributed by atoms with Gasteiger partial charge in [-0.25, -0.2) is 4.98 Å². The lowest BCUT2D eigenvalue weighted by molar-refractivity contribution is 0.414. The molecule has 2 rings (SSSR count). The van der Waals surface area contributed by atoms with Crippen molar-refractivity contribution in [3.05, 3.63) is 48.0 Å². The van der Waals surface area contributed by atoms with Crippen molar-refractivity contribution in [3.8, 4) is 5.75 Å². The van der Waals surface area contributed by atoms with Gasteiger partial charge in [0.15, 0.2) is 0 Å². The Balaban J connectivity index is 1.70. The Bertz CT molecular complexity index is 473. The van der Waals surface area contributed by atoms with Crippen LogP contribution in [0.1, 0.15) is 11.4 Å². The first kappa shape index (κ1) is 14.3. The maximum atomic E-state index is 6.29. The van der Waals surface area contributed by atoms with Crippen LogP contribution in [0.25, 0.3) is 0 Å². The summed E-state index contributed by atoms with van der Waals surface area (Å²) in [5.74, 6) is 3.71. The fourth-order valence-electron chi connectivity index (χ4n) is 1.70. The van der Waals surface area contributed by atoms with Gasteiger partial charge in [0, 0.05) is 35.7 Å². The number of hydrogen-bond acceptors (Lipinski definition) is 3. The van der Waals surface area contributed by atoms with E-state index >= 15 is 0 Å². The zero-order valence-corrected chi connectivity index (χ0v) is 12.4. The normalized spacial score (nSPS) is 12.3. The number of hydrogen-bond donors (Lipinski definition) is 1. The number of aromatic nitrogens is 2. The van der Waals surface area contributed by atoms with Gasteiger partial charge in [0.25, 0.3) is 0 Å². The van der Waals surface area contributed by atoms with E-state index in [9.17, 15) is 0 Å². The van der Waals surface area contributed by atoms with Gasteiger partial charge in [-0.05, 0) is 17.7 Å². The van der Waals surface area contributed by atoms with E-state index in [2.05, 4.69) is 22.1 Å². The summed E-state index contributed by atoms with van der Waals surface area (Å²) in [7, 11) is 1.68. The molecule has 1 aromatic heterocycles. The van der Waals surface area contributed by atoms with E-state index in [-0.39, 0.29) is 5.38 Å². The van der Waals surface area contributed by atoms with Gasteiger partial charge in [-0.1, -0.05) is 12.1 Å². The Morgan fingerprint density at radius 3 is 2.79 bits per heavy atom. The number of thioether (sulfide) groups is 1. The minimum Gasteiger partial charge on any atom is -0.497 e. The Hall–Kier alpha value is -1.13. The van der Waals surface area contributed by atoms with Crippen LogP contribution in [0.5, 0.6) is 5.75 Å². The molecule has 102 valence electrons. The molecule has 0 aliphatic rings. The van der Waals surface area contributed by atoms with Crippen molar-refractivity contribution in [1.82, 2.24) is 9.97 Å². The van der Waals surface area contributed by atoms with E-state index in [1.807, 2.05) is 30.1 Å². The average molecular weight is 297 g/mol. The second kappa shape index (κ2) is 7.46. The number of ether oxygens (including phenoxy) is 1. The maximum absolute atomic E-state index is 6.29. The fourth-order valence-corrected chi connectivity index (χ4v) is 3.04. The van der Waals surface area contributed by atoms with Crippen LogP contribution in [0.2, 0.25) is 0 Å². The van der Waals surface area contributed by atoms with Gasteiger partial charge in [0.05, 0.1) is 7.11 Å². The Morgan fingerprint density at radius 2 is 2.16 bits per heavy atom. The van der Waals surface area contributed by atoms with Crippen LogP contribution < -0.4 is 4.74 Å². The van der Waals surface area contributed by atoms with Crippen LogP contribution >= 0.6 is 23.4 Å². The molecule has 0 saturated carbocycles. The standard InChI is InChI=1S/C14H17ClN2OS/c1-18-13-4-2-11(3-5-13)9-19-10-12(15)8-14-16-6-7-17-14/h2-7,12H,8-10H2,1H3,(H,16,17). The van der Waals surface area contributed by atoms with E-state index in [4.69, 9.17) is 16.3 Å². The molecule has 1 heterocycles. The average Bonchev–Trinajstić information content (AvgIpc) is 2.92. The molecule has 5 heteroatoms. The summed E-state index contributed by atoms with van der Waals surface area (Å²) < 4.78 is 5.13. The predicted molar refractivity (Wildman–Crippen MR) is 81.1 cm³/mol. The molecule has 0 amide bonds. The first-order valence-electron chi connectivity index (χ1n) is 6.11. The van der Waals surface area contributed by atoms with Gasteiger partial charge in [0.2, 0.25) is 0 Å². The smallest absolute Gasteiger partial charge is 0.118 e. The minimum absolute atomic E-state index is 0.106. The molecule has 0 aliphatic heterocycles. The highest BCUT2D eigenvalue weighted by Gasteiger charge is 2.07. The highest BCUT2D eigenvalue weighted by atomic mass is 35.5. The molecule has 3 nitrogen and oxygen atoms in total. The van der Waals surface area contributed by atoms with Gasteiger partial charge < -0.3 is 9.72 Å². The van der Waals surface area contributed by atoms with Crippen molar-refractivity contribution in [2.45, 2.75) is 17.6 Å². The second-order valence-electron chi connectivity index (χ2n) is 4.20. The number of aromatic amines is 1.